The fourth-order valence-corrected chi connectivity index (χ4v) is 4.75. The summed E-state index contributed by atoms with van der Waals surface area (Å²) in [5.74, 6) is -0.243. The van der Waals surface area contributed by atoms with Crippen molar-refractivity contribution in [3.63, 3.8) is 0 Å². The van der Waals surface area contributed by atoms with Crippen LogP contribution in [0, 0.1) is 0 Å². The molecule has 1 aromatic heterocycles. The molecule has 0 unspecified atom stereocenters. The largest absolute Gasteiger partial charge is 0.416 e. The molecule has 8 nitrogen and oxygen atoms in total. The first-order chi connectivity index (χ1) is 18.8. The summed E-state index contributed by atoms with van der Waals surface area (Å²) in [7, 11) is 0. The third kappa shape index (κ3) is 6.31. The van der Waals surface area contributed by atoms with Crippen LogP contribution in [0.4, 0.5) is 35.0 Å². The molecule has 11 heteroatoms. The Morgan fingerprint density at radius 3 is 2.33 bits per heavy atom. The Morgan fingerprint density at radius 2 is 1.64 bits per heavy atom. The Balaban J connectivity index is 1.21. The highest BCUT2D eigenvalue weighted by molar-refractivity contribution is 6.01. The van der Waals surface area contributed by atoms with E-state index in [1.807, 2.05) is 30.5 Å². The lowest BCUT2D eigenvalue weighted by molar-refractivity contribution is -0.137. The Labute approximate surface area is 223 Å². The van der Waals surface area contributed by atoms with Crippen LogP contribution in [0.3, 0.4) is 0 Å². The van der Waals surface area contributed by atoms with Gasteiger partial charge in [0.2, 0.25) is 5.91 Å². The molecule has 3 amide bonds. The molecule has 1 atom stereocenters. The molecule has 2 aliphatic heterocycles. The number of nitrogens with one attached hydrogen (secondary N) is 2. The first-order valence-electron chi connectivity index (χ1n) is 12.7. The highest BCUT2D eigenvalue weighted by Gasteiger charge is 2.32. The van der Waals surface area contributed by atoms with Crippen LogP contribution in [0.1, 0.15) is 18.4 Å². The predicted molar refractivity (Wildman–Crippen MR) is 142 cm³/mol. The number of rotatable bonds is 5. The van der Waals surface area contributed by atoms with Gasteiger partial charge in [-0.2, -0.15) is 13.2 Å². The zero-order chi connectivity index (χ0) is 27.4. The normalized spacial score (nSPS) is 18.1. The Bertz CT molecular complexity index is 1310. The van der Waals surface area contributed by atoms with Gasteiger partial charge in [-0.3, -0.25) is 9.78 Å². The number of carbonyl (C=O) groups is 2. The molecular weight excluding hydrogens is 511 g/mol. The summed E-state index contributed by atoms with van der Waals surface area (Å²) in [5, 5.41) is 5.14. The number of piperidine rings is 1. The van der Waals surface area contributed by atoms with Crippen LogP contribution >= 0.6 is 0 Å². The lowest BCUT2D eigenvalue weighted by atomic mass is 10.0. The van der Waals surface area contributed by atoms with Gasteiger partial charge < -0.3 is 25.2 Å². The number of carbonyl (C=O) groups excluding carboxylic acids is 2. The summed E-state index contributed by atoms with van der Waals surface area (Å²) in [5.41, 5.74) is 3.08. The molecule has 2 aliphatic rings. The molecule has 3 heterocycles. The molecule has 39 heavy (non-hydrogen) atoms. The topological polar surface area (TPSA) is 86.8 Å². The molecule has 0 spiro atoms. The second kappa shape index (κ2) is 11.3. The number of alkyl halides is 3. The van der Waals surface area contributed by atoms with Crippen LogP contribution in [0.5, 0.6) is 0 Å². The number of ether oxygens (including phenoxy) is 1. The van der Waals surface area contributed by atoms with Crippen LogP contribution in [0.25, 0.3) is 11.1 Å². The van der Waals surface area contributed by atoms with Crippen molar-refractivity contribution < 1.29 is 27.5 Å². The summed E-state index contributed by atoms with van der Waals surface area (Å²) >= 11 is 0. The minimum absolute atomic E-state index is 0.198. The SMILES string of the molecule is O=C(Nc1ccc(C(F)(F)F)cc1)N[C@@H]1CCCN(c2ccc(-c3cncc(N4CCOCC4)c3)cc2)C1=O. The molecule has 2 fully saturated rings. The molecule has 0 saturated carbocycles. The van der Waals surface area contributed by atoms with Crippen molar-refractivity contribution in [3.05, 3.63) is 72.6 Å². The van der Waals surface area contributed by atoms with E-state index in [9.17, 15) is 22.8 Å². The van der Waals surface area contributed by atoms with Crippen molar-refractivity contribution in [1.29, 1.82) is 0 Å². The maximum atomic E-state index is 13.2. The maximum absolute atomic E-state index is 13.2. The molecule has 0 aliphatic carbocycles. The predicted octanol–water partition coefficient (Wildman–Crippen LogP) is 4.92. The second-order valence-electron chi connectivity index (χ2n) is 9.44. The fraction of sp³-hybridized carbons (Fsp3) is 0.321. The van der Waals surface area contributed by atoms with Crippen molar-refractivity contribution in [2.24, 2.45) is 0 Å². The van der Waals surface area contributed by atoms with Crippen LogP contribution in [-0.2, 0) is 15.7 Å². The number of urea groups is 1. The Morgan fingerprint density at radius 1 is 0.923 bits per heavy atom. The number of aromatic nitrogens is 1. The third-order valence-electron chi connectivity index (χ3n) is 6.83. The summed E-state index contributed by atoms with van der Waals surface area (Å²) < 4.78 is 43.7. The minimum atomic E-state index is -4.46. The molecule has 204 valence electrons. The summed E-state index contributed by atoms with van der Waals surface area (Å²) in [4.78, 5) is 33.9. The quantitative estimate of drug-likeness (QED) is 0.481. The third-order valence-corrected chi connectivity index (χ3v) is 6.83. The monoisotopic (exact) mass is 539 g/mol. The van der Waals surface area contributed by atoms with Gasteiger partial charge in [-0.15, -0.1) is 0 Å². The lowest BCUT2D eigenvalue weighted by Gasteiger charge is -2.32. The average molecular weight is 540 g/mol. The molecule has 0 bridgehead atoms. The number of halogens is 3. The van der Waals surface area contributed by atoms with Gasteiger partial charge in [0.15, 0.2) is 0 Å². The van der Waals surface area contributed by atoms with Crippen molar-refractivity contribution in [3.8, 4) is 11.1 Å². The summed E-state index contributed by atoms with van der Waals surface area (Å²) in [6.07, 6.45) is 0.343. The van der Waals surface area contributed by atoms with Crippen molar-refractivity contribution >= 4 is 29.0 Å². The average Bonchev–Trinajstić information content (AvgIpc) is 2.95. The van der Waals surface area contributed by atoms with Crippen LogP contribution < -0.4 is 20.4 Å². The first kappa shape index (κ1) is 26.5. The van der Waals surface area contributed by atoms with Crippen LogP contribution in [0.2, 0.25) is 0 Å². The van der Waals surface area contributed by atoms with E-state index >= 15 is 0 Å². The van der Waals surface area contributed by atoms with E-state index in [2.05, 4.69) is 26.6 Å². The van der Waals surface area contributed by atoms with Gasteiger partial charge in [0.05, 0.1) is 30.7 Å². The van der Waals surface area contributed by atoms with Gasteiger partial charge in [-0.1, -0.05) is 12.1 Å². The fourth-order valence-electron chi connectivity index (χ4n) is 4.75. The second-order valence-corrected chi connectivity index (χ2v) is 9.44. The van der Waals surface area contributed by atoms with E-state index in [1.165, 1.54) is 12.1 Å². The maximum Gasteiger partial charge on any atom is 0.416 e. The number of amides is 3. The standard InChI is InChI=1S/C28H28F3N5O3/c29-28(30,31)21-5-7-22(8-6-21)33-27(38)34-25-2-1-11-36(26(25)37)23-9-3-19(4-10-23)20-16-24(18-32-17-20)35-12-14-39-15-13-35/h3-10,16-18,25H,1-2,11-15H2,(H2,33,34,38)/t25-/m1/s1. The lowest BCUT2D eigenvalue weighted by Crippen LogP contribution is -2.53. The number of nitrogens with zero attached hydrogens (tertiary/aromatic N) is 3. The number of hydrogen-bond acceptors (Lipinski definition) is 5. The molecule has 5 rings (SSSR count). The number of anilines is 3. The van der Waals surface area contributed by atoms with Gasteiger partial charge in [0.25, 0.3) is 0 Å². The molecule has 2 aromatic carbocycles. The molecule has 3 aromatic rings. The van der Waals surface area contributed by atoms with E-state index in [0.29, 0.717) is 32.6 Å². The van der Waals surface area contributed by atoms with Gasteiger partial charge in [0, 0.05) is 42.8 Å². The summed E-state index contributed by atoms with van der Waals surface area (Å²) in [6, 6.07) is 12.4. The highest BCUT2D eigenvalue weighted by atomic mass is 19.4. The van der Waals surface area contributed by atoms with E-state index in [1.54, 1.807) is 11.1 Å². The summed E-state index contributed by atoms with van der Waals surface area (Å²) in [6.45, 7) is 3.53. The number of pyridine rings is 1. The number of benzene rings is 2. The van der Waals surface area contributed by atoms with E-state index in [0.717, 1.165) is 47.7 Å². The van der Waals surface area contributed by atoms with Crippen molar-refractivity contribution in [2.75, 3.05) is 48.0 Å². The van der Waals surface area contributed by atoms with Gasteiger partial charge in [-0.05, 0) is 60.9 Å². The Hall–Kier alpha value is -4.12. The minimum Gasteiger partial charge on any atom is -0.378 e. The van der Waals surface area contributed by atoms with Crippen LogP contribution in [-0.4, -0.2) is 55.8 Å². The van der Waals surface area contributed by atoms with Crippen LogP contribution in [0.15, 0.2) is 67.0 Å². The van der Waals surface area contributed by atoms with E-state index in [4.69, 9.17) is 4.74 Å². The van der Waals surface area contributed by atoms with E-state index < -0.39 is 23.8 Å². The number of hydrogen-bond donors (Lipinski definition) is 2. The Kier molecular flexibility index (Phi) is 7.69. The van der Waals surface area contributed by atoms with Gasteiger partial charge in [-0.25, -0.2) is 4.79 Å². The highest BCUT2D eigenvalue weighted by Crippen LogP contribution is 2.30. The zero-order valence-corrected chi connectivity index (χ0v) is 21.1. The van der Waals surface area contributed by atoms with Crippen molar-refractivity contribution in [2.45, 2.75) is 25.1 Å². The van der Waals surface area contributed by atoms with Gasteiger partial charge in [0.1, 0.15) is 6.04 Å². The van der Waals surface area contributed by atoms with Gasteiger partial charge >= 0.3 is 12.2 Å². The molecular formula is C28H28F3N5O3. The molecule has 0 radical (unpaired) electrons. The number of morpholine rings is 1. The molecule has 2 saturated heterocycles. The zero-order valence-electron chi connectivity index (χ0n) is 21.1. The smallest absolute Gasteiger partial charge is 0.378 e. The van der Waals surface area contributed by atoms with Crippen molar-refractivity contribution in [1.82, 2.24) is 10.3 Å². The first-order valence-corrected chi connectivity index (χ1v) is 12.7. The molecule has 2 N–H and O–H groups in total. The van der Waals surface area contributed by atoms with E-state index in [-0.39, 0.29) is 11.6 Å².